The Hall–Kier alpha value is -1.88. The van der Waals surface area contributed by atoms with E-state index < -0.39 is 0 Å². The zero-order valence-electron chi connectivity index (χ0n) is 15.2. The molecule has 3 rings (SSSR count). The van der Waals surface area contributed by atoms with Gasteiger partial charge >= 0.3 is 0 Å². The summed E-state index contributed by atoms with van der Waals surface area (Å²) in [4.78, 5) is 2.52. The average Bonchev–Trinajstić information content (AvgIpc) is 2.68. The van der Waals surface area contributed by atoms with Crippen molar-refractivity contribution in [3.63, 3.8) is 0 Å². The molecule has 0 spiro atoms. The Kier molecular flexibility index (Phi) is 6.45. The second-order valence-corrected chi connectivity index (χ2v) is 6.59. The van der Waals surface area contributed by atoms with Crippen molar-refractivity contribution < 1.29 is 9.47 Å². The molecular formula is C21H28N2O2. The van der Waals surface area contributed by atoms with Crippen LogP contribution in [-0.4, -0.2) is 44.4 Å². The minimum Gasteiger partial charge on any atom is -0.497 e. The highest BCUT2D eigenvalue weighted by Crippen LogP contribution is 2.19. The first kappa shape index (κ1) is 17.9. The lowest BCUT2D eigenvalue weighted by Gasteiger charge is -2.36. The summed E-state index contributed by atoms with van der Waals surface area (Å²) in [5, 5.41) is 3.66. The quantitative estimate of drug-likeness (QED) is 0.839. The Morgan fingerprint density at radius 3 is 2.84 bits per heavy atom. The smallest absolute Gasteiger partial charge is 0.119 e. The lowest BCUT2D eigenvalue weighted by Crippen LogP contribution is -2.50. The van der Waals surface area contributed by atoms with Gasteiger partial charge in [0, 0.05) is 31.7 Å². The van der Waals surface area contributed by atoms with Gasteiger partial charge in [-0.25, -0.2) is 0 Å². The predicted molar refractivity (Wildman–Crippen MR) is 101 cm³/mol. The Morgan fingerprint density at radius 1 is 1.20 bits per heavy atom. The third-order valence-electron chi connectivity index (χ3n) is 4.83. The SMILES string of the molecule is COc1cccc(C(C)NCC2COCCN2Cc2ccccc2)c1. The third-order valence-corrected chi connectivity index (χ3v) is 4.83. The van der Waals surface area contributed by atoms with E-state index >= 15 is 0 Å². The first-order valence-electron chi connectivity index (χ1n) is 8.99. The van der Waals surface area contributed by atoms with Gasteiger partial charge < -0.3 is 14.8 Å². The fraction of sp³-hybridized carbons (Fsp3) is 0.429. The first-order chi connectivity index (χ1) is 12.3. The van der Waals surface area contributed by atoms with Gasteiger partial charge in [0.05, 0.1) is 20.3 Å². The summed E-state index contributed by atoms with van der Waals surface area (Å²) in [7, 11) is 1.71. The van der Waals surface area contributed by atoms with Crippen LogP contribution in [0.5, 0.6) is 5.75 Å². The summed E-state index contributed by atoms with van der Waals surface area (Å²) in [6.07, 6.45) is 0. The van der Waals surface area contributed by atoms with Gasteiger partial charge in [0.15, 0.2) is 0 Å². The molecule has 4 nitrogen and oxygen atoms in total. The van der Waals surface area contributed by atoms with Crippen molar-refractivity contribution >= 4 is 0 Å². The Balaban J connectivity index is 1.57. The van der Waals surface area contributed by atoms with Gasteiger partial charge in [0.25, 0.3) is 0 Å². The van der Waals surface area contributed by atoms with E-state index in [1.807, 2.05) is 12.1 Å². The molecule has 2 aromatic rings. The number of nitrogens with one attached hydrogen (secondary N) is 1. The van der Waals surface area contributed by atoms with Crippen LogP contribution in [0.25, 0.3) is 0 Å². The van der Waals surface area contributed by atoms with Crippen LogP contribution >= 0.6 is 0 Å². The van der Waals surface area contributed by atoms with Crippen molar-refractivity contribution in [1.82, 2.24) is 10.2 Å². The molecule has 1 N–H and O–H groups in total. The minimum absolute atomic E-state index is 0.274. The molecule has 2 unspecified atom stereocenters. The van der Waals surface area contributed by atoms with Crippen LogP contribution in [0, 0.1) is 0 Å². The van der Waals surface area contributed by atoms with Gasteiger partial charge in [0.2, 0.25) is 0 Å². The molecule has 1 heterocycles. The van der Waals surface area contributed by atoms with Gasteiger partial charge in [-0.2, -0.15) is 0 Å². The fourth-order valence-corrected chi connectivity index (χ4v) is 3.24. The maximum atomic E-state index is 5.72. The van der Waals surface area contributed by atoms with Crippen LogP contribution in [0.1, 0.15) is 24.1 Å². The molecule has 1 aliphatic rings. The standard InChI is InChI=1S/C21H28N2O2/c1-17(19-9-6-10-21(13-19)24-2)22-14-20-16-25-12-11-23(20)15-18-7-4-3-5-8-18/h3-10,13,17,20,22H,11-12,14-16H2,1-2H3. The molecule has 0 saturated carbocycles. The number of hydrogen-bond donors (Lipinski definition) is 1. The van der Waals surface area contributed by atoms with Crippen LogP contribution in [0.15, 0.2) is 54.6 Å². The molecule has 2 aromatic carbocycles. The highest BCUT2D eigenvalue weighted by atomic mass is 16.5. The molecule has 0 amide bonds. The summed E-state index contributed by atoms with van der Waals surface area (Å²) in [6.45, 7) is 6.66. The van der Waals surface area contributed by atoms with E-state index in [4.69, 9.17) is 9.47 Å². The maximum Gasteiger partial charge on any atom is 0.119 e. The lowest BCUT2D eigenvalue weighted by molar-refractivity contribution is -0.0116. The molecule has 1 saturated heterocycles. The molecule has 0 radical (unpaired) electrons. The second kappa shape index (κ2) is 8.99. The fourth-order valence-electron chi connectivity index (χ4n) is 3.24. The van der Waals surface area contributed by atoms with E-state index in [1.54, 1.807) is 7.11 Å². The van der Waals surface area contributed by atoms with Crippen molar-refractivity contribution in [2.45, 2.75) is 25.6 Å². The van der Waals surface area contributed by atoms with Crippen LogP contribution in [0.4, 0.5) is 0 Å². The Bertz CT molecular complexity index is 647. The molecular weight excluding hydrogens is 312 g/mol. The van der Waals surface area contributed by atoms with E-state index in [0.717, 1.165) is 38.6 Å². The van der Waals surface area contributed by atoms with Crippen molar-refractivity contribution in [3.8, 4) is 5.75 Å². The van der Waals surface area contributed by atoms with E-state index in [1.165, 1.54) is 11.1 Å². The van der Waals surface area contributed by atoms with Crippen molar-refractivity contribution in [2.75, 3.05) is 33.4 Å². The molecule has 1 aliphatic heterocycles. The highest BCUT2D eigenvalue weighted by Gasteiger charge is 2.23. The molecule has 2 atom stereocenters. The molecule has 0 aliphatic carbocycles. The Labute approximate surface area is 150 Å². The number of benzene rings is 2. The van der Waals surface area contributed by atoms with Gasteiger partial charge in [0.1, 0.15) is 5.75 Å². The molecule has 0 bridgehead atoms. The van der Waals surface area contributed by atoms with Crippen LogP contribution in [0.3, 0.4) is 0 Å². The van der Waals surface area contributed by atoms with E-state index in [0.29, 0.717) is 6.04 Å². The average molecular weight is 340 g/mol. The van der Waals surface area contributed by atoms with E-state index in [9.17, 15) is 0 Å². The van der Waals surface area contributed by atoms with Crippen molar-refractivity contribution in [3.05, 3.63) is 65.7 Å². The van der Waals surface area contributed by atoms with Gasteiger partial charge in [-0.3, -0.25) is 4.90 Å². The van der Waals surface area contributed by atoms with Gasteiger partial charge in [-0.15, -0.1) is 0 Å². The zero-order chi connectivity index (χ0) is 17.5. The van der Waals surface area contributed by atoms with Crippen LogP contribution < -0.4 is 10.1 Å². The van der Waals surface area contributed by atoms with Crippen molar-refractivity contribution in [1.29, 1.82) is 0 Å². The molecule has 1 fully saturated rings. The largest absolute Gasteiger partial charge is 0.497 e. The number of morpholine rings is 1. The first-order valence-corrected chi connectivity index (χ1v) is 8.99. The minimum atomic E-state index is 0.274. The van der Waals surface area contributed by atoms with Crippen LogP contribution in [-0.2, 0) is 11.3 Å². The van der Waals surface area contributed by atoms with Crippen molar-refractivity contribution in [2.24, 2.45) is 0 Å². The zero-order valence-corrected chi connectivity index (χ0v) is 15.2. The lowest BCUT2D eigenvalue weighted by atomic mass is 10.1. The Morgan fingerprint density at radius 2 is 2.04 bits per heavy atom. The van der Waals surface area contributed by atoms with Gasteiger partial charge in [-0.05, 0) is 30.2 Å². The molecule has 25 heavy (non-hydrogen) atoms. The number of rotatable bonds is 7. The number of nitrogens with zero attached hydrogens (tertiary/aromatic N) is 1. The van der Waals surface area contributed by atoms with Gasteiger partial charge in [-0.1, -0.05) is 42.5 Å². The topological polar surface area (TPSA) is 33.7 Å². The van der Waals surface area contributed by atoms with Crippen LogP contribution in [0.2, 0.25) is 0 Å². The summed E-state index contributed by atoms with van der Waals surface area (Å²) in [5.41, 5.74) is 2.60. The maximum absolute atomic E-state index is 5.72. The molecule has 0 aromatic heterocycles. The third kappa shape index (κ3) is 5.05. The highest BCUT2D eigenvalue weighted by molar-refractivity contribution is 5.30. The number of ether oxygens (including phenoxy) is 2. The second-order valence-electron chi connectivity index (χ2n) is 6.59. The van der Waals surface area contributed by atoms with E-state index in [2.05, 4.69) is 59.6 Å². The number of hydrogen-bond acceptors (Lipinski definition) is 4. The molecule has 134 valence electrons. The molecule has 4 heteroatoms. The normalized spacial score (nSPS) is 19.5. The predicted octanol–water partition coefficient (Wildman–Crippen LogP) is 3.25. The summed E-state index contributed by atoms with van der Waals surface area (Å²) in [6, 6.07) is 19.6. The summed E-state index contributed by atoms with van der Waals surface area (Å²) in [5.74, 6) is 0.901. The summed E-state index contributed by atoms with van der Waals surface area (Å²) >= 11 is 0. The number of methoxy groups -OCH3 is 1. The summed E-state index contributed by atoms with van der Waals surface area (Å²) < 4.78 is 11.0. The monoisotopic (exact) mass is 340 g/mol. The van der Waals surface area contributed by atoms with E-state index in [-0.39, 0.29) is 6.04 Å².